The number of ether oxygens (including phenoxy) is 1. The molecule has 2 heterocycles. The van der Waals surface area contributed by atoms with Crippen LogP contribution in [0.3, 0.4) is 0 Å². The summed E-state index contributed by atoms with van der Waals surface area (Å²) in [6, 6.07) is 6.15. The molecule has 29 heavy (non-hydrogen) atoms. The number of alkyl halides is 2. The van der Waals surface area contributed by atoms with Crippen molar-refractivity contribution in [3.63, 3.8) is 0 Å². The first kappa shape index (κ1) is 20.5. The molecule has 12 heteroatoms. The molecule has 0 radical (unpaired) electrons. The quantitative estimate of drug-likeness (QED) is 0.540. The van der Waals surface area contributed by atoms with Crippen LogP contribution in [0.25, 0.3) is 0 Å². The molecular formula is C17H15F2N3O7. The number of nitrogens with one attached hydrogen (secondary N) is 1. The average Bonchev–Trinajstić information content (AvgIpc) is 2.91. The van der Waals surface area contributed by atoms with E-state index in [1.54, 1.807) is 0 Å². The third-order valence-corrected chi connectivity index (χ3v) is 4.26. The number of carbonyl (C=O) groups excluding carboxylic acids is 1. The molecule has 1 amide bonds. The molecule has 4 N–H and O–H groups in total. The molecule has 1 aliphatic heterocycles. The number of carboxylic acid groups (broad SMARTS) is 1. The Morgan fingerprint density at radius 3 is 2.55 bits per heavy atom. The lowest BCUT2D eigenvalue weighted by Gasteiger charge is -2.21. The van der Waals surface area contributed by atoms with Crippen molar-refractivity contribution >= 4 is 17.7 Å². The van der Waals surface area contributed by atoms with Gasteiger partial charge in [0.2, 0.25) is 6.23 Å². The van der Waals surface area contributed by atoms with Gasteiger partial charge < -0.3 is 25.4 Å². The Labute approximate surface area is 161 Å². The number of halogens is 2. The molecule has 3 atom stereocenters. The summed E-state index contributed by atoms with van der Waals surface area (Å²) in [4.78, 5) is 38.8. The van der Waals surface area contributed by atoms with Gasteiger partial charge in [0.05, 0.1) is 12.2 Å². The third kappa shape index (κ3) is 3.85. The number of aromatic nitrogens is 2. The van der Waals surface area contributed by atoms with Crippen molar-refractivity contribution in [2.24, 2.45) is 0 Å². The Bertz CT molecular complexity index is 1010. The molecule has 1 aliphatic rings. The minimum absolute atomic E-state index is 0.0181. The number of nitrogens with zero attached hydrogens (tertiary/aromatic N) is 2. The van der Waals surface area contributed by atoms with Gasteiger partial charge in [-0.05, 0) is 24.3 Å². The van der Waals surface area contributed by atoms with Crippen LogP contribution in [0, 0.1) is 0 Å². The Balaban J connectivity index is 1.82. The number of hydrogen-bond acceptors (Lipinski definition) is 7. The Morgan fingerprint density at radius 1 is 1.28 bits per heavy atom. The summed E-state index contributed by atoms with van der Waals surface area (Å²) in [5, 5.41) is 29.7. The van der Waals surface area contributed by atoms with Gasteiger partial charge in [0.25, 0.3) is 5.91 Å². The molecule has 154 valence electrons. The second-order valence-electron chi connectivity index (χ2n) is 6.17. The minimum atomic E-state index is -3.86. The van der Waals surface area contributed by atoms with Crippen LogP contribution in [0.15, 0.2) is 41.3 Å². The molecule has 0 aliphatic carbocycles. The van der Waals surface area contributed by atoms with E-state index in [4.69, 9.17) is 14.9 Å². The van der Waals surface area contributed by atoms with Gasteiger partial charge in [-0.3, -0.25) is 9.36 Å². The lowest BCUT2D eigenvalue weighted by molar-refractivity contribution is -0.140. The van der Waals surface area contributed by atoms with Gasteiger partial charge in [0, 0.05) is 11.8 Å². The predicted molar refractivity (Wildman–Crippen MR) is 91.8 cm³/mol. The SMILES string of the molecule is O=C(O)c1cccc(C(=O)Nc2ccn(C3OC(CO)C(O)C3(F)F)c(=O)n2)c1. The second-order valence-corrected chi connectivity index (χ2v) is 6.17. The molecule has 0 saturated carbocycles. The lowest BCUT2D eigenvalue weighted by atomic mass is 10.1. The summed E-state index contributed by atoms with van der Waals surface area (Å²) in [5.41, 5.74) is -1.34. The summed E-state index contributed by atoms with van der Waals surface area (Å²) < 4.78 is 33.6. The van der Waals surface area contributed by atoms with E-state index in [0.717, 1.165) is 18.3 Å². The van der Waals surface area contributed by atoms with Gasteiger partial charge in [0.1, 0.15) is 11.9 Å². The number of carboxylic acids is 1. The van der Waals surface area contributed by atoms with Gasteiger partial charge in [0.15, 0.2) is 6.10 Å². The van der Waals surface area contributed by atoms with Gasteiger partial charge in [-0.15, -0.1) is 0 Å². The monoisotopic (exact) mass is 411 g/mol. The molecule has 1 aromatic carbocycles. The molecule has 10 nitrogen and oxygen atoms in total. The fourth-order valence-electron chi connectivity index (χ4n) is 2.76. The maximum Gasteiger partial charge on any atom is 0.351 e. The summed E-state index contributed by atoms with van der Waals surface area (Å²) in [5.74, 6) is -6.13. The van der Waals surface area contributed by atoms with Crippen LogP contribution in [0.5, 0.6) is 0 Å². The number of hydrogen-bond donors (Lipinski definition) is 4. The predicted octanol–water partition coefficient (Wildman–Crippen LogP) is 0.0797. The van der Waals surface area contributed by atoms with Crippen molar-refractivity contribution < 1.29 is 38.4 Å². The van der Waals surface area contributed by atoms with Crippen LogP contribution >= 0.6 is 0 Å². The Hall–Kier alpha value is -3.22. The minimum Gasteiger partial charge on any atom is -0.478 e. The van der Waals surface area contributed by atoms with E-state index in [1.165, 1.54) is 18.2 Å². The van der Waals surface area contributed by atoms with E-state index < -0.39 is 48.5 Å². The van der Waals surface area contributed by atoms with Gasteiger partial charge in [-0.1, -0.05) is 6.07 Å². The highest BCUT2D eigenvalue weighted by atomic mass is 19.3. The zero-order valence-corrected chi connectivity index (χ0v) is 14.5. The van der Waals surface area contributed by atoms with Crippen LogP contribution < -0.4 is 11.0 Å². The molecule has 0 bridgehead atoms. The zero-order valence-electron chi connectivity index (χ0n) is 14.5. The Kier molecular flexibility index (Phi) is 5.42. The maximum atomic E-state index is 14.1. The van der Waals surface area contributed by atoms with Crippen molar-refractivity contribution in [3.05, 3.63) is 58.1 Å². The smallest absolute Gasteiger partial charge is 0.351 e. The molecule has 2 aromatic rings. The van der Waals surface area contributed by atoms with Crippen molar-refractivity contribution in [3.8, 4) is 0 Å². The van der Waals surface area contributed by atoms with E-state index in [1.807, 2.05) is 0 Å². The number of amides is 1. The van der Waals surface area contributed by atoms with Crippen LogP contribution in [-0.4, -0.2) is 61.5 Å². The van der Waals surface area contributed by atoms with E-state index in [0.29, 0.717) is 4.57 Å². The normalized spacial score (nSPS) is 23.0. The van der Waals surface area contributed by atoms with Crippen LogP contribution in [0.2, 0.25) is 0 Å². The Morgan fingerprint density at radius 2 is 1.97 bits per heavy atom. The summed E-state index contributed by atoms with van der Waals surface area (Å²) in [7, 11) is 0. The van der Waals surface area contributed by atoms with E-state index in [9.17, 15) is 28.3 Å². The van der Waals surface area contributed by atoms with Crippen LogP contribution in [-0.2, 0) is 4.74 Å². The number of aliphatic hydroxyl groups excluding tert-OH is 2. The van der Waals surface area contributed by atoms with Gasteiger partial charge in [-0.2, -0.15) is 13.8 Å². The number of rotatable bonds is 5. The van der Waals surface area contributed by atoms with Gasteiger partial charge >= 0.3 is 17.6 Å². The highest BCUT2D eigenvalue weighted by Gasteiger charge is 2.59. The zero-order chi connectivity index (χ0) is 21.3. The van der Waals surface area contributed by atoms with Crippen LogP contribution in [0.1, 0.15) is 26.9 Å². The number of benzene rings is 1. The standard InChI is InChI=1S/C17H15F2N3O7/c18-17(19)12(24)10(7-23)29-15(17)22-5-4-11(21-16(22)28)20-13(25)8-2-1-3-9(6-8)14(26)27/h1-6,10,12,15,23-24H,7H2,(H,26,27)(H,20,21,25,28). The fourth-order valence-corrected chi connectivity index (χ4v) is 2.76. The third-order valence-electron chi connectivity index (χ3n) is 4.26. The molecule has 3 unspecified atom stereocenters. The molecule has 1 fully saturated rings. The number of aromatic carboxylic acids is 1. The molecule has 1 aromatic heterocycles. The summed E-state index contributed by atoms with van der Waals surface area (Å²) in [6.07, 6.45) is -5.19. The first-order chi connectivity index (χ1) is 13.6. The molecule has 1 saturated heterocycles. The number of carbonyl (C=O) groups is 2. The van der Waals surface area contributed by atoms with Crippen LogP contribution in [0.4, 0.5) is 14.6 Å². The molecular weight excluding hydrogens is 396 g/mol. The fraction of sp³-hybridized carbons (Fsp3) is 0.294. The summed E-state index contributed by atoms with van der Waals surface area (Å²) in [6.45, 7) is -0.876. The lowest BCUT2D eigenvalue weighted by Crippen LogP contribution is -2.41. The maximum absolute atomic E-state index is 14.1. The average molecular weight is 411 g/mol. The topological polar surface area (TPSA) is 151 Å². The van der Waals surface area contributed by atoms with Crippen molar-refractivity contribution in [1.82, 2.24) is 9.55 Å². The number of aliphatic hydroxyl groups is 2. The van der Waals surface area contributed by atoms with E-state index in [-0.39, 0.29) is 16.9 Å². The second kappa shape index (κ2) is 7.66. The molecule has 0 spiro atoms. The highest BCUT2D eigenvalue weighted by molar-refractivity contribution is 6.05. The largest absolute Gasteiger partial charge is 0.478 e. The van der Waals surface area contributed by atoms with Crippen molar-refractivity contribution in [1.29, 1.82) is 0 Å². The van der Waals surface area contributed by atoms with Gasteiger partial charge in [-0.25, -0.2) is 9.59 Å². The highest BCUT2D eigenvalue weighted by Crippen LogP contribution is 2.41. The first-order valence-electron chi connectivity index (χ1n) is 8.21. The van der Waals surface area contributed by atoms with E-state index >= 15 is 0 Å². The first-order valence-corrected chi connectivity index (χ1v) is 8.21. The number of anilines is 1. The van der Waals surface area contributed by atoms with E-state index in [2.05, 4.69) is 10.3 Å². The molecule has 3 rings (SSSR count). The summed E-state index contributed by atoms with van der Waals surface area (Å²) >= 11 is 0. The van der Waals surface area contributed by atoms with Crippen molar-refractivity contribution in [2.45, 2.75) is 24.4 Å². The van der Waals surface area contributed by atoms with Crippen molar-refractivity contribution in [2.75, 3.05) is 11.9 Å².